The summed E-state index contributed by atoms with van der Waals surface area (Å²) in [5.74, 6) is -0.298. The molecule has 8 heteroatoms. The molecule has 0 spiro atoms. The smallest absolute Gasteiger partial charge is 0.231 e. The van der Waals surface area contributed by atoms with Crippen molar-refractivity contribution in [2.75, 3.05) is 16.3 Å². The van der Waals surface area contributed by atoms with Gasteiger partial charge in [-0.2, -0.15) is 0 Å². The molecule has 0 saturated carbocycles. The standard InChI is InChI=1S/C18H19N3O3S2/c1-3-14(12-7-5-4-6-8-12)17(22)19-13-9-10-15-16(11-13)25-18(20-15)21-26(2,23)24/h4-11,14H,3H2,1-2H3,(H,19,22)(H,20,21). The van der Waals surface area contributed by atoms with Crippen molar-refractivity contribution in [3.63, 3.8) is 0 Å². The maximum absolute atomic E-state index is 12.7. The summed E-state index contributed by atoms with van der Waals surface area (Å²) in [7, 11) is -3.37. The third-order valence-electron chi connectivity index (χ3n) is 3.86. The highest BCUT2D eigenvalue weighted by molar-refractivity contribution is 7.92. The van der Waals surface area contributed by atoms with E-state index < -0.39 is 10.0 Å². The third kappa shape index (κ3) is 4.39. The molecule has 2 N–H and O–H groups in total. The minimum atomic E-state index is -3.37. The van der Waals surface area contributed by atoms with Gasteiger partial charge >= 0.3 is 0 Å². The van der Waals surface area contributed by atoms with Crippen LogP contribution in [0.15, 0.2) is 48.5 Å². The lowest BCUT2D eigenvalue weighted by molar-refractivity contribution is -0.117. The number of rotatable bonds is 6. The van der Waals surface area contributed by atoms with Gasteiger partial charge < -0.3 is 5.32 Å². The Bertz CT molecular complexity index is 1030. The molecule has 0 aliphatic rings. The molecule has 136 valence electrons. The lowest BCUT2D eigenvalue weighted by atomic mass is 9.95. The highest BCUT2D eigenvalue weighted by atomic mass is 32.2. The zero-order valence-electron chi connectivity index (χ0n) is 14.4. The van der Waals surface area contributed by atoms with Crippen molar-refractivity contribution in [2.24, 2.45) is 0 Å². The van der Waals surface area contributed by atoms with Crippen molar-refractivity contribution < 1.29 is 13.2 Å². The average molecular weight is 390 g/mol. The fourth-order valence-electron chi connectivity index (χ4n) is 2.69. The van der Waals surface area contributed by atoms with Gasteiger partial charge in [-0.1, -0.05) is 48.6 Å². The normalized spacial score (nSPS) is 12.7. The number of hydrogen-bond donors (Lipinski definition) is 2. The monoisotopic (exact) mass is 389 g/mol. The summed E-state index contributed by atoms with van der Waals surface area (Å²) >= 11 is 1.22. The molecule has 1 atom stereocenters. The summed E-state index contributed by atoms with van der Waals surface area (Å²) in [6.45, 7) is 1.98. The average Bonchev–Trinajstić information content (AvgIpc) is 2.96. The molecule has 1 aromatic heterocycles. The summed E-state index contributed by atoms with van der Waals surface area (Å²) < 4.78 is 25.8. The third-order valence-corrected chi connectivity index (χ3v) is 5.48. The van der Waals surface area contributed by atoms with Gasteiger partial charge in [0, 0.05) is 5.69 Å². The van der Waals surface area contributed by atoms with E-state index >= 15 is 0 Å². The van der Waals surface area contributed by atoms with Gasteiger partial charge in [0.25, 0.3) is 0 Å². The number of amides is 1. The van der Waals surface area contributed by atoms with Crippen LogP contribution >= 0.6 is 11.3 Å². The first-order valence-corrected chi connectivity index (χ1v) is 10.8. The predicted molar refractivity (Wildman–Crippen MR) is 106 cm³/mol. The summed E-state index contributed by atoms with van der Waals surface area (Å²) in [4.78, 5) is 16.9. The van der Waals surface area contributed by atoms with Crippen molar-refractivity contribution in [1.29, 1.82) is 0 Å². The maximum atomic E-state index is 12.7. The molecule has 1 heterocycles. The van der Waals surface area contributed by atoms with E-state index in [2.05, 4.69) is 15.0 Å². The summed E-state index contributed by atoms with van der Waals surface area (Å²) in [5.41, 5.74) is 2.31. The fraction of sp³-hybridized carbons (Fsp3) is 0.222. The Morgan fingerprint density at radius 1 is 1.19 bits per heavy atom. The van der Waals surface area contributed by atoms with Crippen LogP contribution in [-0.4, -0.2) is 25.6 Å². The fourth-order valence-corrected chi connectivity index (χ4v) is 4.43. The number of nitrogens with zero attached hydrogens (tertiary/aromatic N) is 1. The van der Waals surface area contributed by atoms with E-state index in [1.54, 1.807) is 18.2 Å². The number of aromatic nitrogens is 1. The Kier molecular flexibility index (Phi) is 5.24. The topological polar surface area (TPSA) is 88.2 Å². The molecule has 0 bridgehead atoms. The molecule has 0 radical (unpaired) electrons. The van der Waals surface area contributed by atoms with Crippen LogP contribution in [0.2, 0.25) is 0 Å². The SMILES string of the molecule is CCC(C(=O)Nc1ccc2nc(NS(C)(=O)=O)sc2c1)c1ccccc1. The Morgan fingerprint density at radius 3 is 2.58 bits per heavy atom. The Morgan fingerprint density at radius 2 is 1.92 bits per heavy atom. The van der Waals surface area contributed by atoms with E-state index in [0.29, 0.717) is 22.8 Å². The number of sulfonamides is 1. The number of hydrogen-bond acceptors (Lipinski definition) is 5. The Labute approximate surface area is 156 Å². The van der Waals surface area contributed by atoms with Crippen LogP contribution in [0.5, 0.6) is 0 Å². The van der Waals surface area contributed by atoms with Crippen LogP contribution < -0.4 is 10.0 Å². The second-order valence-electron chi connectivity index (χ2n) is 5.94. The second-order valence-corrected chi connectivity index (χ2v) is 8.72. The zero-order valence-corrected chi connectivity index (χ0v) is 16.0. The highest BCUT2D eigenvalue weighted by Gasteiger charge is 2.19. The molecule has 1 amide bonds. The summed E-state index contributed by atoms with van der Waals surface area (Å²) in [6.07, 6.45) is 1.78. The van der Waals surface area contributed by atoms with Gasteiger partial charge in [-0.15, -0.1) is 0 Å². The molecular formula is C18H19N3O3S2. The number of carbonyl (C=O) groups excluding carboxylic acids is 1. The summed E-state index contributed by atoms with van der Waals surface area (Å²) in [6, 6.07) is 15.0. The molecule has 0 saturated heterocycles. The number of thiazole rings is 1. The molecule has 2 aromatic carbocycles. The molecule has 0 aliphatic heterocycles. The predicted octanol–water partition coefficient (Wildman–Crippen LogP) is 3.80. The van der Waals surface area contributed by atoms with E-state index in [0.717, 1.165) is 16.5 Å². The van der Waals surface area contributed by atoms with Gasteiger partial charge in [0.1, 0.15) is 0 Å². The van der Waals surface area contributed by atoms with Crippen LogP contribution in [0, 0.1) is 0 Å². The van der Waals surface area contributed by atoms with Gasteiger partial charge in [0.2, 0.25) is 15.9 Å². The van der Waals surface area contributed by atoms with E-state index in [4.69, 9.17) is 0 Å². The van der Waals surface area contributed by atoms with Gasteiger partial charge in [-0.25, -0.2) is 13.4 Å². The molecule has 26 heavy (non-hydrogen) atoms. The van der Waals surface area contributed by atoms with Crippen molar-refractivity contribution >= 4 is 48.3 Å². The lowest BCUT2D eigenvalue weighted by Gasteiger charge is -2.15. The van der Waals surface area contributed by atoms with E-state index in [1.807, 2.05) is 37.3 Å². The molecule has 0 fully saturated rings. The minimum Gasteiger partial charge on any atom is -0.326 e. The van der Waals surface area contributed by atoms with Crippen LogP contribution in [0.1, 0.15) is 24.8 Å². The molecule has 0 aliphatic carbocycles. The first kappa shape index (κ1) is 18.3. The second kappa shape index (κ2) is 7.43. The Hall–Kier alpha value is -2.45. The van der Waals surface area contributed by atoms with Gasteiger partial charge in [-0.3, -0.25) is 9.52 Å². The van der Waals surface area contributed by atoms with Crippen molar-refractivity contribution in [3.8, 4) is 0 Å². The van der Waals surface area contributed by atoms with Crippen molar-refractivity contribution in [1.82, 2.24) is 4.98 Å². The van der Waals surface area contributed by atoms with Crippen LogP contribution in [-0.2, 0) is 14.8 Å². The van der Waals surface area contributed by atoms with Crippen LogP contribution in [0.3, 0.4) is 0 Å². The quantitative estimate of drug-likeness (QED) is 0.671. The molecule has 1 unspecified atom stereocenters. The zero-order chi connectivity index (χ0) is 18.7. The van der Waals surface area contributed by atoms with E-state index in [1.165, 1.54) is 11.3 Å². The molecular weight excluding hydrogens is 370 g/mol. The minimum absolute atomic E-state index is 0.0722. The van der Waals surface area contributed by atoms with Gasteiger partial charge in [0.05, 0.1) is 22.4 Å². The molecule has 3 rings (SSSR count). The van der Waals surface area contributed by atoms with E-state index in [9.17, 15) is 13.2 Å². The number of anilines is 2. The van der Waals surface area contributed by atoms with E-state index in [-0.39, 0.29) is 11.8 Å². The van der Waals surface area contributed by atoms with Crippen molar-refractivity contribution in [2.45, 2.75) is 19.3 Å². The number of benzene rings is 2. The molecule has 3 aromatic rings. The molecule has 6 nitrogen and oxygen atoms in total. The first-order chi connectivity index (χ1) is 12.4. The largest absolute Gasteiger partial charge is 0.326 e. The summed E-state index contributed by atoms with van der Waals surface area (Å²) in [5, 5.41) is 3.25. The first-order valence-electron chi connectivity index (χ1n) is 8.10. The highest BCUT2D eigenvalue weighted by Crippen LogP contribution is 2.29. The number of fused-ring (bicyclic) bond motifs is 1. The van der Waals surface area contributed by atoms with Gasteiger partial charge in [-0.05, 0) is 30.2 Å². The van der Waals surface area contributed by atoms with Gasteiger partial charge in [0.15, 0.2) is 5.13 Å². The number of nitrogens with one attached hydrogen (secondary N) is 2. The van der Waals surface area contributed by atoms with Crippen molar-refractivity contribution in [3.05, 3.63) is 54.1 Å². The maximum Gasteiger partial charge on any atom is 0.231 e. The number of carbonyl (C=O) groups is 1. The van der Waals surface area contributed by atoms with Crippen LogP contribution in [0.4, 0.5) is 10.8 Å². The lowest BCUT2D eigenvalue weighted by Crippen LogP contribution is -2.20. The van der Waals surface area contributed by atoms with Crippen LogP contribution in [0.25, 0.3) is 10.2 Å². The Balaban J connectivity index is 1.81.